The molecule has 5 nitrogen and oxygen atoms in total. The second-order valence-electron chi connectivity index (χ2n) is 9.92. The molecule has 4 rings (SSSR count). The molecule has 0 unspecified atom stereocenters. The molecule has 1 aromatic carbocycles. The second-order valence-corrected chi connectivity index (χ2v) is 9.92. The Morgan fingerprint density at radius 3 is 2.41 bits per heavy atom. The third-order valence-corrected chi connectivity index (χ3v) is 7.62. The van der Waals surface area contributed by atoms with E-state index < -0.39 is 0 Å². The average molecular weight is 444 g/mol. The van der Waals surface area contributed by atoms with E-state index in [0.717, 1.165) is 56.6 Å². The van der Waals surface area contributed by atoms with Crippen LogP contribution in [0, 0.1) is 11.7 Å². The molecular weight excluding hydrogens is 401 g/mol. The van der Waals surface area contributed by atoms with E-state index in [0.29, 0.717) is 18.5 Å². The highest BCUT2D eigenvalue weighted by molar-refractivity contribution is 5.80. The van der Waals surface area contributed by atoms with Gasteiger partial charge in [0.1, 0.15) is 5.82 Å². The SMILES string of the molecule is CCNC(=NCC1CCN(Cc2ccccc2F)CC1)NC1CCN(C2CCCC2)CC1. The molecule has 3 aliphatic rings. The second kappa shape index (κ2) is 12.0. The lowest BCUT2D eigenvalue weighted by Crippen LogP contribution is -2.50. The molecule has 32 heavy (non-hydrogen) atoms. The van der Waals surface area contributed by atoms with Gasteiger partial charge in [-0.3, -0.25) is 9.89 Å². The summed E-state index contributed by atoms with van der Waals surface area (Å²) in [6.45, 7) is 9.13. The molecule has 0 amide bonds. The maximum atomic E-state index is 13.9. The molecule has 0 spiro atoms. The van der Waals surface area contributed by atoms with Crippen LogP contribution in [0.25, 0.3) is 0 Å². The molecule has 2 N–H and O–H groups in total. The van der Waals surface area contributed by atoms with Crippen LogP contribution >= 0.6 is 0 Å². The van der Waals surface area contributed by atoms with Crippen molar-refractivity contribution in [2.45, 2.75) is 76.9 Å². The first-order chi connectivity index (χ1) is 15.7. The molecule has 1 saturated carbocycles. The molecule has 2 saturated heterocycles. The molecule has 2 heterocycles. The summed E-state index contributed by atoms with van der Waals surface area (Å²) in [5, 5.41) is 7.17. The minimum atomic E-state index is -0.0883. The largest absolute Gasteiger partial charge is 0.357 e. The van der Waals surface area contributed by atoms with Gasteiger partial charge in [-0.25, -0.2) is 4.39 Å². The van der Waals surface area contributed by atoms with E-state index in [9.17, 15) is 4.39 Å². The first kappa shape index (κ1) is 23.5. The van der Waals surface area contributed by atoms with E-state index in [2.05, 4.69) is 27.4 Å². The summed E-state index contributed by atoms with van der Waals surface area (Å²) in [4.78, 5) is 10.1. The fraction of sp³-hybridized carbons (Fsp3) is 0.731. The van der Waals surface area contributed by atoms with Crippen molar-refractivity contribution in [1.82, 2.24) is 20.4 Å². The van der Waals surface area contributed by atoms with Gasteiger partial charge in [-0.1, -0.05) is 31.0 Å². The summed E-state index contributed by atoms with van der Waals surface area (Å²) in [6.07, 6.45) is 10.4. The fourth-order valence-electron chi connectivity index (χ4n) is 5.61. The van der Waals surface area contributed by atoms with E-state index in [1.165, 1.54) is 51.6 Å². The Labute approximate surface area is 193 Å². The number of aliphatic imine (C=N–C) groups is 1. The van der Waals surface area contributed by atoms with Gasteiger partial charge in [0.25, 0.3) is 0 Å². The molecule has 178 valence electrons. The van der Waals surface area contributed by atoms with Gasteiger partial charge in [0.15, 0.2) is 5.96 Å². The number of guanidine groups is 1. The minimum Gasteiger partial charge on any atom is -0.357 e. The maximum absolute atomic E-state index is 13.9. The Morgan fingerprint density at radius 1 is 1.00 bits per heavy atom. The number of nitrogens with zero attached hydrogens (tertiary/aromatic N) is 3. The predicted molar refractivity (Wildman–Crippen MR) is 130 cm³/mol. The summed E-state index contributed by atoms with van der Waals surface area (Å²) < 4.78 is 13.9. The number of halogens is 1. The van der Waals surface area contributed by atoms with Gasteiger partial charge in [-0.15, -0.1) is 0 Å². The molecule has 0 radical (unpaired) electrons. The Bertz CT molecular complexity index is 717. The van der Waals surface area contributed by atoms with Crippen LogP contribution in [0.4, 0.5) is 4.39 Å². The van der Waals surface area contributed by atoms with Crippen LogP contribution < -0.4 is 10.6 Å². The highest BCUT2D eigenvalue weighted by atomic mass is 19.1. The predicted octanol–water partition coefficient (Wildman–Crippen LogP) is 4.00. The number of nitrogens with one attached hydrogen (secondary N) is 2. The Balaban J connectivity index is 1.19. The lowest BCUT2D eigenvalue weighted by molar-refractivity contribution is 0.150. The van der Waals surface area contributed by atoms with Crippen LogP contribution in [0.3, 0.4) is 0 Å². The Morgan fingerprint density at radius 2 is 1.72 bits per heavy atom. The van der Waals surface area contributed by atoms with E-state index in [-0.39, 0.29) is 5.82 Å². The zero-order chi connectivity index (χ0) is 22.2. The van der Waals surface area contributed by atoms with Crippen LogP contribution in [-0.2, 0) is 6.54 Å². The summed E-state index contributed by atoms with van der Waals surface area (Å²) >= 11 is 0. The number of hydrogen-bond acceptors (Lipinski definition) is 3. The molecule has 6 heteroatoms. The summed E-state index contributed by atoms with van der Waals surface area (Å²) in [5.74, 6) is 1.52. The van der Waals surface area contributed by atoms with Gasteiger partial charge in [0.2, 0.25) is 0 Å². The lowest BCUT2D eigenvalue weighted by atomic mass is 9.96. The monoisotopic (exact) mass is 443 g/mol. The van der Waals surface area contributed by atoms with Gasteiger partial charge in [-0.05, 0) is 70.5 Å². The average Bonchev–Trinajstić information content (AvgIpc) is 3.36. The quantitative estimate of drug-likeness (QED) is 0.494. The first-order valence-corrected chi connectivity index (χ1v) is 13.0. The smallest absolute Gasteiger partial charge is 0.191 e. The zero-order valence-corrected chi connectivity index (χ0v) is 19.9. The lowest BCUT2D eigenvalue weighted by Gasteiger charge is -2.36. The molecule has 1 aliphatic carbocycles. The topological polar surface area (TPSA) is 42.9 Å². The molecule has 3 fully saturated rings. The van der Waals surface area contributed by atoms with Crippen molar-refractivity contribution in [3.05, 3.63) is 35.6 Å². The maximum Gasteiger partial charge on any atom is 0.191 e. The molecule has 0 bridgehead atoms. The van der Waals surface area contributed by atoms with Crippen molar-refractivity contribution in [2.75, 3.05) is 39.3 Å². The van der Waals surface area contributed by atoms with Crippen molar-refractivity contribution >= 4 is 5.96 Å². The summed E-state index contributed by atoms with van der Waals surface area (Å²) in [6, 6.07) is 8.53. The third kappa shape index (κ3) is 6.67. The van der Waals surface area contributed by atoms with Gasteiger partial charge >= 0.3 is 0 Å². The van der Waals surface area contributed by atoms with Crippen molar-refractivity contribution in [3.63, 3.8) is 0 Å². The van der Waals surface area contributed by atoms with Gasteiger partial charge in [0, 0.05) is 50.4 Å². The van der Waals surface area contributed by atoms with Crippen LogP contribution in [-0.4, -0.2) is 67.1 Å². The Hall–Kier alpha value is -1.66. The minimum absolute atomic E-state index is 0.0883. The molecule has 0 aromatic heterocycles. The normalized spacial score (nSPS) is 23.0. The summed E-state index contributed by atoms with van der Waals surface area (Å²) in [7, 11) is 0. The van der Waals surface area contributed by atoms with E-state index in [1.54, 1.807) is 12.1 Å². The number of likely N-dealkylation sites (tertiary alicyclic amines) is 2. The summed E-state index contributed by atoms with van der Waals surface area (Å²) in [5.41, 5.74) is 0.807. The van der Waals surface area contributed by atoms with E-state index in [1.807, 2.05) is 12.1 Å². The van der Waals surface area contributed by atoms with Gasteiger partial charge < -0.3 is 15.5 Å². The van der Waals surface area contributed by atoms with Crippen LogP contribution in [0.2, 0.25) is 0 Å². The van der Waals surface area contributed by atoms with Gasteiger partial charge in [0.05, 0.1) is 0 Å². The molecule has 1 aromatic rings. The number of piperidine rings is 2. The van der Waals surface area contributed by atoms with Gasteiger partial charge in [-0.2, -0.15) is 0 Å². The first-order valence-electron chi connectivity index (χ1n) is 13.0. The zero-order valence-electron chi connectivity index (χ0n) is 19.9. The van der Waals surface area contributed by atoms with Crippen molar-refractivity contribution in [2.24, 2.45) is 10.9 Å². The van der Waals surface area contributed by atoms with Crippen LogP contribution in [0.5, 0.6) is 0 Å². The highest BCUT2D eigenvalue weighted by Gasteiger charge is 2.27. The molecule has 2 aliphatic heterocycles. The van der Waals surface area contributed by atoms with E-state index in [4.69, 9.17) is 4.99 Å². The fourth-order valence-corrected chi connectivity index (χ4v) is 5.61. The van der Waals surface area contributed by atoms with Crippen molar-refractivity contribution < 1.29 is 4.39 Å². The molecular formula is C26H42FN5. The standard InChI is InChI=1S/C26H42FN5/c1-2-28-26(30-23-13-17-32(18-14-23)24-8-4-5-9-24)29-19-21-11-15-31(16-12-21)20-22-7-3-6-10-25(22)27/h3,6-7,10,21,23-24H,2,4-5,8-9,11-20H2,1H3,(H2,28,29,30). The number of hydrogen-bond donors (Lipinski definition) is 2. The van der Waals surface area contributed by atoms with E-state index >= 15 is 0 Å². The Kier molecular flexibility index (Phi) is 8.80. The molecule has 0 atom stereocenters. The van der Waals surface area contributed by atoms with Crippen molar-refractivity contribution in [3.8, 4) is 0 Å². The van der Waals surface area contributed by atoms with Crippen molar-refractivity contribution in [1.29, 1.82) is 0 Å². The third-order valence-electron chi connectivity index (χ3n) is 7.62. The number of benzene rings is 1. The highest BCUT2D eigenvalue weighted by Crippen LogP contribution is 2.26. The number of rotatable bonds is 7. The van der Waals surface area contributed by atoms with Crippen LogP contribution in [0.15, 0.2) is 29.3 Å². The van der Waals surface area contributed by atoms with Crippen LogP contribution in [0.1, 0.15) is 63.9 Å².